The van der Waals surface area contributed by atoms with Crippen LogP contribution in [0.3, 0.4) is 0 Å². The highest BCUT2D eigenvalue weighted by atomic mass is 16.5. The molecule has 1 aliphatic rings. The van der Waals surface area contributed by atoms with E-state index in [2.05, 4.69) is 31.3 Å². The maximum atomic E-state index is 5.70. The molecule has 0 bridgehead atoms. The number of hydrogen-bond acceptors (Lipinski definition) is 3. The second-order valence-electron chi connectivity index (χ2n) is 4.84. The smallest absolute Gasteiger partial charge is 0.119 e. The third-order valence-corrected chi connectivity index (χ3v) is 2.76. The Balaban J connectivity index is 1.92. The summed E-state index contributed by atoms with van der Waals surface area (Å²) in [5.74, 6) is 1.49. The number of nitrogens with one attached hydrogen (secondary N) is 1. The Labute approximate surface area is 103 Å². The van der Waals surface area contributed by atoms with Gasteiger partial charge < -0.3 is 14.8 Å². The zero-order chi connectivity index (χ0) is 12.1. The normalized spacial score (nSPS) is 20.5. The van der Waals surface area contributed by atoms with E-state index in [4.69, 9.17) is 9.47 Å². The van der Waals surface area contributed by atoms with Gasteiger partial charge in [-0.3, -0.25) is 0 Å². The Kier molecular flexibility index (Phi) is 4.40. The number of morpholine rings is 1. The fraction of sp³-hybridized carbons (Fsp3) is 0.571. The van der Waals surface area contributed by atoms with Gasteiger partial charge in [0.25, 0.3) is 0 Å². The summed E-state index contributed by atoms with van der Waals surface area (Å²) in [5, 5.41) is 3.33. The molecule has 94 valence electrons. The van der Waals surface area contributed by atoms with Crippen molar-refractivity contribution in [2.24, 2.45) is 5.92 Å². The lowest BCUT2D eigenvalue weighted by Crippen LogP contribution is -2.33. The molecule has 1 aromatic carbocycles. The summed E-state index contributed by atoms with van der Waals surface area (Å²) in [6, 6.07) is 8.23. The fourth-order valence-electron chi connectivity index (χ4n) is 1.82. The molecule has 1 N–H and O–H groups in total. The first-order chi connectivity index (χ1) is 8.25. The van der Waals surface area contributed by atoms with Crippen LogP contribution in [0.1, 0.15) is 25.5 Å². The van der Waals surface area contributed by atoms with Gasteiger partial charge in [0.1, 0.15) is 5.75 Å². The molecule has 0 aromatic heterocycles. The van der Waals surface area contributed by atoms with Gasteiger partial charge in [-0.15, -0.1) is 0 Å². The maximum Gasteiger partial charge on any atom is 0.119 e. The van der Waals surface area contributed by atoms with Gasteiger partial charge in [-0.1, -0.05) is 26.0 Å². The summed E-state index contributed by atoms with van der Waals surface area (Å²) in [5.41, 5.74) is 1.22. The van der Waals surface area contributed by atoms with Crippen LogP contribution < -0.4 is 10.1 Å². The minimum absolute atomic E-state index is 0.183. The SMILES string of the molecule is CC(C)COc1ccc(C2CNCCO2)cc1. The van der Waals surface area contributed by atoms with Crippen LogP contribution in [0.4, 0.5) is 0 Å². The van der Waals surface area contributed by atoms with E-state index < -0.39 is 0 Å². The van der Waals surface area contributed by atoms with Crippen molar-refractivity contribution in [1.82, 2.24) is 5.32 Å². The van der Waals surface area contributed by atoms with Gasteiger partial charge in [-0.25, -0.2) is 0 Å². The first-order valence-corrected chi connectivity index (χ1v) is 6.31. The van der Waals surface area contributed by atoms with Gasteiger partial charge in [0.2, 0.25) is 0 Å². The molecule has 2 rings (SSSR count). The van der Waals surface area contributed by atoms with E-state index in [0.717, 1.165) is 32.1 Å². The second kappa shape index (κ2) is 6.03. The lowest BCUT2D eigenvalue weighted by Gasteiger charge is -2.24. The first kappa shape index (κ1) is 12.4. The average molecular weight is 235 g/mol. The van der Waals surface area contributed by atoms with Crippen LogP contribution in [0.2, 0.25) is 0 Å². The van der Waals surface area contributed by atoms with E-state index in [-0.39, 0.29) is 6.10 Å². The van der Waals surface area contributed by atoms with Crippen LogP contribution in [0.5, 0.6) is 5.75 Å². The Morgan fingerprint density at radius 2 is 2.12 bits per heavy atom. The van der Waals surface area contributed by atoms with Gasteiger partial charge in [-0.2, -0.15) is 0 Å². The monoisotopic (exact) mass is 235 g/mol. The van der Waals surface area contributed by atoms with Crippen molar-refractivity contribution in [1.29, 1.82) is 0 Å². The van der Waals surface area contributed by atoms with Crippen molar-refractivity contribution in [3.63, 3.8) is 0 Å². The third kappa shape index (κ3) is 3.72. The van der Waals surface area contributed by atoms with E-state index >= 15 is 0 Å². The molecule has 0 saturated carbocycles. The standard InChI is InChI=1S/C14H21NO2/c1-11(2)10-17-13-5-3-12(4-6-13)14-9-15-7-8-16-14/h3-6,11,14-15H,7-10H2,1-2H3. The van der Waals surface area contributed by atoms with Gasteiger partial charge >= 0.3 is 0 Å². The zero-order valence-electron chi connectivity index (χ0n) is 10.6. The van der Waals surface area contributed by atoms with Crippen LogP contribution in [0, 0.1) is 5.92 Å². The van der Waals surface area contributed by atoms with Crippen molar-refractivity contribution in [3.8, 4) is 5.75 Å². The van der Waals surface area contributed by atoms with E-state index in [0.29, 0.717) is 5.92 Å². The number of ether oxygens (including phenoxy) is 2. The summed E-state index contributed by atoms with van der Waals surface area (Å²) in [6.07, 6.45) is 0.183. The molecule has 1 saturated heterocycles. The lowest BCUT2D eigenvalue weighted by molar-refractivity contribution is 0.0277. The summed E-state index contributed by atoms with van der Waals surface area (Å²) >= 11 is 0. The summed E-state index contributed by atoms with van der Waals surface area (Å²) in [6.45, 7) is 7.70. The Morgan fingerprint density at radius 3 is 2.71 bits per heavy atom. The Bertz CT molecular complexity index is 329. The lowest BCUT2D eigenvalue weighted by atomic mass is 10.1. The van der Waals surface area contributed by atoms with Crippen LogP contribution >= 0.6 is 0 Å². The maximum absolute atomic E-state index is 5.70. The number of benzene rings is 1. The van der Waals surface area contributed by atoms with Crippen LogP contribution in [0.15, 0.2) is 24.3 Å². The molecular formula is C14H21NO2. The molecule has 0 amide bonds. The predicted octanol–water partition coefficient (Wildman–Crippen LogP) is 2.38. The van der Waals surface area contributed by atoms with Gasteiger partial charge in [-0.05, 0) is 23.6 Å². The molecule has 1 heterocycles. The summed E-state index contributed by atoms with van der Waals surface area (Å²) in [7, 11) is 0. The van der Waals surface area contributed by atoms with E-state index in [9.17, 15) is 0 Å². The van der Waals surface area contributed by atoms with Gasteiger partial charge in [0, 0.05) is 13.1 Å². The highest BCUT2D eigenvalue weighted by Gasteiger charge is 2.15. The van der Waals surface area contributed by atoms with Crippen molar-refractivity contribution < 1.29 is 9.47 Å². The van der Waals surface area contributed by atoms with Gasteiger partial charge in [0.05, 0.1) is 19.3 Å². The van der Waals surface area contributed by atoms with E-state index in [1.165, 1.54) is 5.56 Å². The molecule has 17 heavy (non-hydrogen) atoms. The second-order valence-corrected chi connectivity index (χ2v) is 4.84. The molecule has 1 fully saturated rings. The van der Waals surface area contributed by atoms with Crippen LogP contribution in [-0.2, 0) is 4.74 Å². The molecule has 0 aliphatic carbocycles. The topological polar surface area (TPSA) is 30.5 Å². The molecular weight excluding hydrogens is 214 g/mol. The largest absolute Gasteiger partial charge is 0.493 e. The van der Waals surface area contributed by atoms with Crippen molar-refractivity contribution in [2.75, 3.05) is 26.3 Å². The van der Waals surface area contributed by atoms with Gasteiger partial charge in [0.15, 0.2) is 0 Å². The van der Waals surface area contributed by atoms with E-state index in [1.807, 2.05) is 12.1 Å². The number of hydrogen-bond donors (Lipinski definition) is 1. The molecule has 3 heteroatoms. The van der Waals surface area contributed by atoms with Crippen LogP contribution in [0.25, 0.3) is 0 Å². The van der Waals surface area contributed by atoms with Crippen molar-refractivity contribution in [3.05, 3.63) is 29.8 Å². The molecule has 3 nitrogen and oxygen atoms in total. The molecule has 0 radical (unpaired) electrons. The fourth-order valence-corrected chi connectivity index (χ4v) is 1.82. The van der Waals surface area contributed by atoms with E-state index in [1.54, 1.807) is 0 Å². The minimum atomic E-state index is 0.183. The quantitative estimate of drug-likeness (QED) is 0.869. The van der Waals surface area contributed by atoms with Crippen molar-refractivity contribution in [2.45, 2.75) is 20.0 Å². The third-order valence-electron chi connectivity index (χ3n) is 2.76. The highest BCUT2D eigenvalue weighted by molar-refractivity contribution is 5.29. The Morgan fingerprint density at radius 1 is 1.35 bits per heavy atom. The molecule has 1 atom stereocenters. The summed E-state index contributed by atoms with van der Waals surface area (Å²) < 4.78 is 11.4. The highest BCUT2D eigenvalue weighted by Crippen LogP contribution is 2.21. The minimum Gasteiger partial charge on any atom is -0.493 e. The Hall–Kier alpha value is -1.06. The molecule has 1 unspecified atom stereocenters. The first-order valence-electron chi connectivity index (χ1n) is 6.31. The molecule has 1 aromatic rings. The summed E-state index contributed by atoms with van der Waals surface area (Å²) in [4.78, 5) is 0. The average Bonchev–Trinajstić information content (AvgIpc) is 2.38. The number of rotatable bonds is 4. The van der Waals surface area contributed by atoms with Crippen molar-refractivity contribution >= 4 is 0 Å². The van der Waals surface area contributed by atoms with Crippen LogP contribution in [-0.4, -0.2) is 26.3 Å². The predicted molar refractivity (Wildman–Crippen MR) is 68.3 cm³/mol. The molecule has 1 aliphatic heterocycles. The zero-order valence-corrected chi connectivity index (χ0v) is 10.6. The molecule has 0 spiro atoms.